The number of hydrogen-bond donors (Lipinski definition) is 0. The highest BCUT2D eigenvalue weighted by molar-refractivity contribution is 5.21. The monoisotopic (exact) mass is 296 g/mol. The quantitative estimate of drug-likeness (QED) is 0.612. The third kappa shape index (κ3) is 4.94. The summed E-state index contributed by atoms with van der Waals surface area (Å²) in [6.07, 6.45) is 13.1. The molecular formula is C20H28N2. The van der Waals surface area contributed by atoms with Crippen LogP contribution in [0.2, 0.25) is 0 Å². The third-order valence-corrected chi connectivity index (χ3v) is 4.08. The van der Waals surface area contributed by atoms with Gasteiger partial charge in [0.2, 0.25) is 0 Å². The van der Waals surface area contributed by atoms with E-state index in [9.17, 15) is 0 Å². The normalized spacial score (nSPS) is 10.8. The van der Waals surface area contributed by atoms with Crippen LogP contribution in [0.25, 0.3) is 0 Å². The van der Waals surface area contributed by atoms with Gasteiger partial charge in [-0.2, -0.15) is 0 Å². The summed E-state index contributed by atoms with van der Waals surface area (Å²) in [7, 11) is 0. The largest absolute Gasteiger partial charge is 0.261 e. The summed E-state index contributed by atoms with van der Waals surface area (Å²) in [4.78, 5) is 9.07. The number of aromatic nitrogens is 2. The average Bonchev–Trinajstić information content (AvgIpc) is 2.55. The minimum Gasteiger partial charge on any atom is -0.261 e. The zero-order chi connectivity index (χ0) is 15.6. The van der Waals surface area contributed by atoms with Crippen LogP contribution in [0.4, 0.5) is 0 Å². The van der Waals surface area contributed by atoms with Crippen LogP contribution in [0.15, 0.2) is 36.7 Å². The number of pyridine rings is 2. The lowest BCUT2D eigenvalue weighted by molar-refractivity contribution is 0.711. The molecule has 2 aromatic rings. The summed E-state index contributed by atoms with van der Waals surface area (Å²) in [5.74, 6) is 0. The van der Waals surface area contributed by atoms with Gasteiger partial charge in [-0.3, -0.25) is 9.97 Å². The Bertz CT molecular complexity index is 512. The molecule has 0 amide bonds. The zero-order valence-electron chi connectivity index (χ0n) is 14.0. The van der Waals surface area contributed by atoms with E-state index in [0.29, 0.717) is 0 Å². The van der Waals surface area contributed by atoms with E-state index in [-0.39, 0.29) is 0 Å². The second-order valence-corrected chi connectivity index (χ2v) is 5.93. The molecule has 0 saturated heterocycles. The third-order valence-electron chi connectivity index (χ3n) is 4.08. The highest BCUT2D eigenvalue weighted by Crippen LogP contribution is 2.15. The van der Waals surface area contributed by atoms with Crippen molar-refractivity contribution >= 4 is 0 Å². The maximum atomic E-state index is 4.53. The second-order valence-electron chi connectivity index (χ2n) is 5.93. The summed E-state index contributed by atoms with van der Waals surface area (Å²) < 4.78 is 0. The van der Waals surface area contributed by atoms with Crippen molar-refractivity contribution in [2.75, 3.05) is 0 Å². The van der Waals surface area contributed by atoms with E-state index in [1.165, 1.54) is 48.2 Å². The van der Waals surface area contributed by atoms with Gasteiger partial charge in [0.15, 0.2) is 0 Å². The van der Waals surface area contributed by atoms with Gasteiger partial charge in [-0.05, 0) is 61.8 Å². The molecule has 2 rings (SSSR count). The highest BCUT2D eigenvalue weighted by atomic mass is 14.7. The fourth-order valence-electron chi connectivity index (χ4n) is 2.95. The molecule has 22 heavy (non-hydrogen) atoms. The van der Waals surface area contributed by atoms with Crippen molar-refractivity contribution < 1.29 is 0 Å². The Morgan fingerprint density at radius 2 is 1.14 bits per heavy atom. The van der Waals surface area contributed by atoms with Crippen LogP contribution >= 0.6 is 0 Å². The standard InChI is InChI=1S/C20H28N2/c1-3-9-19-17(13-7-15-21-19)11-5-6-12-18-14-8-16-22-20(18)10-4-2/h7-8,13-16H,3-6,9-12H2,1-2H3. The molecule has 0 saturated carbocycles. The fourth-order valence-corrected chi connectivity index (χ4v) is 2.95. The molecule has 0 aliphatic rings. The van der Waals surface area contributed by atoms with Crippen LogP contribution in [-0.4, -0.2) is 9.97 Å². The van der Waals surface area contributed by atoms with E-state index in [4.69, 9.17) is 0 Å². The van der Waals surface area contributed by atoms with Gasteiger partial charge in [0.1, 0.15) is 0 Å². The Morgan fingerprint density at radius 1 is 0.682 bits per heavy atom. The van der Waals surface area contributed by atoms with Crippen molar-refractivity contribution in [3.63, 3.8) is 0 Å². The van der Waals surface area contributed by atoms with Crippen molar-refractivity contribution in [1.29, 1.82) is 0 Å². The van der Waals surface area contributed by atoms with E-state index in [1.54, 1.807) is 0 Å². The van der Waals surface area contributed by atoms with Gasteiger partial charge < -0.3 is 0 Å². The molecule has 0 bridgehead atoms. The van der Waals surface area contributed by atoms with Crippen molar-refractivity contribution in [3.8, 4) is 0 Å². The molecule has 0 fully saturated rings. The van der Waals surface area contributed by atoms with Crippen LogP contribution in [0, 0.1) is 0 Å². The van der Waals surface area contributed by atoms with E-state index >= 15 is 0 Å². The Labute approximate surface area is 135 Å². The van der Waals surface area contributed by atoms with Gasteiger partial charge in [0, 0.05) is 23.8 Å². The molecule has 0 aromatic carbocycles. The Hall–Kier alpha value is -1.70. The highest BCUT2D eigenvalue weighted by Gasteiger charge is 2.05. The lowest BCUT2D eigenvalue weighted by Crippen LogP contribution is -2.00. The summed E-state index contributed by atoms with van der Waals surface area (Å²) in [6.45, 7) is 4.44. The minimum atomic E-state index is 1.10. The fraction of sp³-hybridized carbons (Fsp3) is 0.500. The van der Waals surface area contributed by atoms with Crippen molar-refractivity contribution in [1.82, 2.24) is 9.97 Å². The van der Waals surface area contributed by atoms with Gasteiger partial charge in [0.25, 0.3) is 0 Å². The molecule has 0 aliphatic carbocycles. The molecule has 2 aromatic heterocycles. The molecule has 0 radical (unpaired) electrons. The lowest BCUT2D eigenvalue weighted by Gasteiger charge is -2.09. The van der Waals surface area contributed by atoms with E-state index in [0.717, 1.165) is 25.7 Å². The van der Waals surface area contributed by atoms with Crippen LogP contribution in [-0.2, 0) is 25.7 Å². The SMILES string of the molecule is CCCc1ncccc1CCCCc1cccnc1CCC. The smallest absolute Gasteiger partial charge is 0.0435 e. The second kappa shape index (κ2) is 9.34. The van der Waals surface area contributed by atoms with Gasteiger partial charge in [-0.15, -0.1) is 0 Å². The van der Waals surface area contributed by atoms with Crippen LogP contribution < -0.4 is 0 Å². The zero-order valence-corrected chi connectivity index (χ0v) is 14.0. The predicted octanol–water partition coefficient (Wildman–Crippen LogP) is 4.95. The molecule has 0 aliphatic heterocycles. The molecule has 0 N–H and O–H groups in total. The molecule has 2 nitrogen and oxygen atoms in total. The van der Waals surface area contributed by atoms with Crippen LogP contribution in [0.5, 0.6) is 0 Å². The van der Waals surface area contributed by atoms with Gasteiger partial charge in [-0.25, -0.2) is 0 Å². The Kier molecular flexibility index (Phi) is 7.08. The number of rotatable bonds is 9. The van der Waals surface area contributed by atoms with Gasteiger partial charge in [0.05, 0.1) is 0 Å². The summed E-state index contributed by atoms with van der Waals surface area (Å²) in [6, 6.07) is 8.61. The van der Waals surface area contributed by atoms with Crippen molar-refractivity contribution in [2.45, 2.75) is 65.2 Å². The van der Waals surface area contributed by atoms with E-state index < -0.39 is 0 Å². The molecule has 0 atom stereocenters. The van der Waals surface area contributed by atoms with Crippen LogP contribution in [0.3, 0.4) is 0 Å². The van der Waals surface area contributed by atoms with Crippen molar-refractivity contribution in [2.24, 2.45) is 0 Å². The lowest BCUT2D eigenvalue weighted by atomic mass is 10.00. The maximum Gasteiger partial charge on any atom is 0.0435 e. The topological polar surface area (TPSA) is 25.8 Å². The summed E-state index contributed by atoms with van der Waals surface area (Å²) in [5, 5.41) is 0. The van der Waals surface area contributed by atoms with E-state index in [2.05, 4.69) is 48.1 Å². The first-order valence-electron chi connectivity index (χ1n) is 8.70. The van der Waals surface area contributed by atoms with Crippen molar-refractivity contribution in [3.05, 3.63) is 59.2 Å². The predicted molar refractivity (Wildman–Crippen MR) is 93.1 cm³/mol. The Morgan fingerprint density at radius 3 is 1.55 bits per heavy atom. The number of unbranched alkanes of at least 4 members (excludes halogenated alkanes) is 1. The van der Waals surface area contributed by atoms with Crippen LogP contribution in [0.1, 0.15) is 62.0 Å². The molecule has 118 valence electrons. The first kappa shape index (κ1) is 16.7. The maximum absolute atomic E-state index is 4.53. The van der Waals surface area contributed by atoms with E-state index in [1.807, 2.05) is 12.4 Å². The van der Waals surface area contributed by atoms with Gasteiger partial charge in [-0.1, -0.05) is 38.8 Å². The molecule has 0 unspecified atom stereocenters. The molecule has 2 heteroatoms. The number of nitrogens with zero attached hydrogens (tertiary/aromatic N) is 2. The number of hydrogen-bond acceptors (Lipinski definition) is 2. The first-order valence-corrected chi connectivity index (χ1v) is 8.70. The molecule has 2 heterocycles. The summed E-state index contributed by atoms with van der Waals surface area (Å²) >= 11 is 0. The van der Waals surface area contributed by atoms with Gasteiger partial charge >= 0.3 is 0 Å². The Balaban J connectivity index is 1.85. The first-order chi connectivity index (χ1) is 10.8. The minimum absolute atomic E-state index is 1.10. The average molecular weight is 296 g/mol. The summed E-state index contributed by atoms with van der Waals surface area (Å²) in [5.41, 5.74) is 5.45. The molecular weight excluding hydrogens is 268 g/mol. The molecule has 0 spiro atoms. The number of aryl methyl sites for hydroxylation is 4.